The standard InChI is InChI=1S/C17H14ClN3O3/c1-10-5-6-21-9-14(19-15(21)7-10)16(22)20-13-8-11(17(23)24-2)3-4-12(13)18/h3-9H,1-2H3,(H,20,22). The summed E-state index contributed by atoms with van der Waals surface area (Å²) in [6.45, 7) is 1.95. The molecule has 0 unspecified atom stereocenters. The molecular weight excluding hydrogens is 330 g/mol. The van der Waals surface area contributed by atoms with Crippen LogP contribution < -0.4 is 5.32 Å². The number of hydrogen-bond acceptors (Lipinski definition) is 4. The Morgan fingerprint density at radius 3 is 2.79 bits per heavy atom. The van der Waals surface area contributed by atoms with E-state index in [4.69, 9.17) is 11.6 Å². The monoisotopic (exact) mass is 343 g/mol. The number of nitrogens with zero attached hydrogens (tertiary/aromatic N) is 2. The largest absolute Gasteiger partial charge is 0.465 e. The van der Waals surface area contributed by atoms with Crippen molar-refractivity contribution in [3.8, 4) is 0 Å². The van der Waals surface area contributed by atoms with Crippen molar-refractivity contribution in [3.63, 3.8) is 0 Å². The molecule has 0 atom stereocenters. The minimum atomic E-state index is -0.509. The molecule has 0 radical (unpaired) electrons. The molecular formula is C17H14ClN3O3. The number of carbonyl (C=O) groups excluding carboxylic acids is 2. The number of imidazole rings is 1. The Kier molecular flexibility index (Phi) is 4.22. The number of benzene rings is 1. The Morgan fingerprint density at radius 1 is 1.25 bits per heavy atom. The van der Waals surface area contributed by atoms with Crippen molar-refractivity contribution >= 4 is 34.8 Å². The van der Waals surface area contributed by atoms with E-state index in [1.54, 1.807) is 10.6 Å². The Hall–Kier alpha value is -2.86. The van der Waals surface area contributed by atoms with E-state index >= 15 is 0 Å². The second kappa shape index (κ2) is 6.33. The van der Waals surface area contributed by atoms with Crippen molar-refractivity contribution in [1.29, 1.82) is 0 Å². The van der Waals surface area contributed by atoms with Gasteiger partial charge in [0.05, 0.1) is 23.4 Å². The third-order valence-corrected chi connectivity index (χ3v) is 3.81. The maximum absolute atomic E-state index is 12.4. The summed E-state index contributed by atoms with van der Waals surface area (Å²) >= 11 is 6.08. The number of carbonyl (C=O) groups is 2. The van der Waals surface area contributed by atoms with Gasteiger partial charge < -0.3 is 14.5 Å². The first-order valence-electron chi connectivity index (χ1n) is 7.12. The molecule has 0 aliphatic carbocycles. The number of hydrogen-bond donors (Lipinski definition) is 1. The number of ether oxygens (including phenoxy) is 1. The molecule has 0 spiro atoms. The van der Waals surface area contributed by atoms with Gasteiger partial charge in [0, 0.05) is 12.4 Å². The smallest absolute Gasteiger partial charge is 0.337 e. The van der Waals surface area contributed by atoms with Crippen LogP contribution in [0.3, 0.4) is 0 Å². The van der Waals surface area contributed by atoms with Crippen molar-refractivity contribution in [2.24, 2.45) is 0 Å². The predicted molar refractivity (Wildman–Crippen MR) is 90.7 cm³/mol. The van der Waals surface area contributed by atoms with Gasteiger partial charge in [-0.3, -0.25) is 4.79 Å². The Labute approximate surface area is 143 Å². The van der Waals surface area contributed by atoms with Crippen molar-refractivity contribution in [3.05, 3.63) is 64.6 Å². The molecule has 3 rings (SSSR count). The summed E-state index contributed by atoms with van der Waals surface area (Å²) in [6, 6.07) is 8.31. The number of pyridine rings is 1. The number of esters is 1. The highest BCUT2D eigenvalue weighted by Gasteiger charge is 2.15. The first kappa shape index (κ1) is 16.0. The van der Waals surface area contributed by atoms with Crippen LogP contribution in [-0.4, -0.2) is 28.4 Å². The molecule has 1 N–H and O–H groups in total. The predicted octanol–water partition coefficient (Wildman–Crippen LogP) is 3.34. The summed E-state index contributed by atoms with van der Waals surface area (Å²) in [6.07, 6.45) is 3.46. The van der Waals surface area contributed by atoms with Gasteiger partial charge in [-0.05, 0) is 42.8 Å². The molecule has 0 saturated carbocycles. The fourth-order valence-corrected chi connectivity index (χ4v) is 2.41. The highest BCUT2D eigenvalue weighted by Crippen LogP contribution is 2.24. The zero-order valence-corrected chi connectivity index (χ0v) is 13.8. The highest BCUT2D eigenvalue weighted by molar-refractivity contribution is 6.34. The lowest BCUT2D eigenvalue weighted by atomic mass is 10.2. The SMILES string of the molecule is COC(=O)c1ccc(Cl)c(NC(=O)c2cn3ccc(C)cc3n2)c1. The van der Waals surface area contributed by atoms with Crippen LogP contribution in [0.1, 0.15) is 26.4 Å². The lowest BCUT2D eigenvalue weighted by Gasteiger charge is -2.07. The van der Waals surface area contributed by atoms with Gasteiger partial charge in [-0.2, -0.15) is 0 Å². The zero-order chi connectivity index (χ0) is 17.3. The number of aromatic nitrogens is 2. The van der Waals surface area contributed by atoms with Gasteiger partial charge in [0.1, 0.15) is 11.3 Å². The first-order chi connectivity index (χ1) is 11.5. The lowest BCUT2D eigenvalue weighted by Crippen LogP contribution is -2.13. The number of anilines is 1. The third kappa shape index (κ3) is 3.09. The van der Waals surface area contributed by atoms with Crippen LogP contribution >= 0.6 is 11.6 Å². The number of methoxy groups -OCH3 is 1. The summed E-state index contributed by atoms with van der Waals surface area (Å²) < 4.78 is 6.42. The van der Waals surface area contributed by atoms with Crippen LogP contribution in [0.4, 0.5) is 5.69 Å². The van der Waals surface area contributed by atoms with Crippen LogP contribution in [0.5, 0.6) is 0 Å². The van der Waals surface area contributed by atoms with E-state index in [0.29, 0.717) is 21.9 Å². The van der Waals surface area contributed by atoms with Crippen molar-refractivity contribution in [1.82, 2.24) is 9.38 Å². The van der Waals surface area contributed by atoms with E-state index in [9.17, 15) is 9.59 Å². The van der Waals surface area contributed by atoms with Crippen molar-refractivity contribution in [2.75, 3.05) is 12.4 Å². The second-order valence-corrected chi connectivity index (χ2v) is 5.64. The summed E-state index contributed by atoms with van der Waals surface area (Å²) in [5.74, 6) is -0.925. The van der Waals surface area contributed by atoms with Gasteiger partial charge in [-0.25, -0.2) is 9.78 Å². The molecule has 0 fully saturated rings. The summed E-state index contributed by atoms with van der Waals surface area (Å²) in [7, 11) is 1.29. The fraction of sp³-hybridized carbons (Fsp3) is 0.118. The number of amides is 1. The van der Waals surface area contributed by atoms with Crippen LogP contribution in [0.15, 0.2) is 42.7 Å². The van der Waals surface area contributed by atoms with Crippen LogP contribution in [-0.2, 0) is 4.74 Å². The Morgan fingerprint density at radius 2 is 2.04 bits per heavy atom. The van der Waals surface area contributed by atoms with Gasteiger partial charge in [0.15, 0.2) is 0 Å². The summed E-state index contributed by atoms with van der Waals surface area (Å²) in [4.78, 5) is 28.3. The minimum absolute atomic E-state index is 0.250. The summed E-state index contributed by atoms with van der Waals surface area (Å²) in [5.41, 5.74) is 2.59. The van der Waals surface area contributed by atoms with E-state index in [0.717, 1.165) is 5.56 Å². The van der Waals surface area contributed by atoms with E-state index in [-0.39, 0.29) is 5.69 Å². The van der Waals surface area contributed by atoms with E-state index in [1.807, 2.05) is 25.3 Å². The average molecular weight is 344 g/mol. The van der Waals surface area contributed by atoms with Gasteiger partial charge in [-0.15, -0.1) is 0 Å². The molecule has 0 bridgehead atoms. The zero-order valence-electron chi connectivity index (χ0n) is 13.0. The van der Waals surface area contributed by atoms with Gasteiger partial charge in [0.25, 0.3) is 5.91 Å². The topological polar surface area (TPSA) is 72.7 Å². The number of rotatable bonds is 3. The molecule has 7 heteroatoms. The van der Waals surface area contributed by atoms with E-state index in [2.05, 4.69) is 15.0 Å². The molecule has 0 saturated heterocycles. The molecule has 3 aromatic rings. The minimum Gasteiger partial charge on any atom is -0.465 e. The van der Waals surface area contributed by atoms with Gasteiger partial charge >= 0.3 is 5.97 Å². The number of aryl methyl sites for hydroxylation is 1. The molecule has 1 aromatic carbocycles. The number of halogens is 1. The molecule has 24 heavy (non-hydrogen) atoms. The molecule has 6 nitrogen and oxygen atoms in total. The van der Waals surface area contributed by atoms with Gasteiger partial charge in [-0.1, -0.05) is 11.6 Å². The average Bonchev–Trinajstić information content (AvgIpc) is 2.99. The Balaban J connectivity index is 1.89. The van der Waals surface area contributed by atoms with Crippen LogP contribution in [0.25, 0.3) is 5.65 Å². The molecule has 0 aliphatic heterocycles. The fourth-order valence-electron chi connectivity index (χ4n) is 2.25. The molecule has 1 amide bonds. The second-order valence-electron chi connectivity index (χ2n) is 5.24. The van der Waals surface area contributed by atoms with Crippen LogP contribution in [0, 0.1) is 6.92 Å². The van der Waals surface area contributed by atoms with Gasteiger partial charge in [0.2, 0.25) is 0 Å². The van der Waals surface area contributed by atoms with Crippen molar-refractivity contribution < 1.29 is 14.3 Å². The first-order valence-corrected chi connectivity index (χ1v) is 7.50. The van der Waals surface area contributed by atoms with Crippen LogP contribution in [0.2, 0.25) is 5.02 Å². The van der Waals surface area contributed by atoms with E-state index < -0.39 is 11.9 Å². The number of nitrogens with one attached hydrogen (secondary N) is 1. The Bertz CT molecular complexity index is 949. The highest BCUT2D eigenvalue weighted by atomic mass is 35.5. The maximum atomic E-state index is 12.4. The van der Waals surface area contributed by atoms with E-state index in [1.165, 1.54) is 25.3 Å². The lowest BCUT2D eigenvalue weighted by molar-refractivity contribution is 0.0600. The molecule has 0 aliphatic rings. The summed E-state index contributed by atoms with van der Waals surface area (Å²) in [5, 5.41) is 2.98. The van der Waals surface area contributed by atoms with Crippen molar-refractivity contribution in [2.45, 2.75) is 6.92 Å². The molecule has 2 heterocycles. The number of fused-ring (bicyclic) bond motifs is 1. The maximum Gasteiger partial charge on any atom is 0.337 e. The normalized spacial score (nSPS) is 10.6. The third-order valence-electron chi connectivity index (χ3n) is 3.48. The molecule has 2 aromatic heterocycles. The quantitative estimate of drug-likeness (QED) is 0.740. The molecule has 122 valence electrons.